The van der Waals surface area contributed by atoms with Gasteiger partial charge < -0.3 is 15.5 Å². The number of nitrogens with zero attached hydrogens (tertiary/aromatic N) is 1. The molecule has 2 rings (SSSR count). The van der Waals surface area contributed by atoms with Gasteiger partial charge in [0.25, 0.3) is 0 Å². The zero-order chi connectivity index (χ0) is 19.3. The van der Waals surface area contributed by atoms with Gasteiger partial charge in [0, 0.05) is 28.9 Å². The first-order valence-corrected chi connectivity index (χ1v) is 9.39. The summed E-state index contributed by atoms with van der Waals surface area (Å²) in [6, 6.07) is 11.3. The second-order valence-electron chi connectivity index (χ2n) is 6.06. The lowest BCUT2D eigenvalue weighted by Crippen LogP contribution is -2.29. The molecule has 0 saturated heterocycles. The van der Waals surface area contributed by atoms with Crippen LogP contribution in [-0.4, -0.2) is 24.9 Å². The molecule has 0 unspecified atom stereocenters. The topological polar surface area (TPSA) is 61.4 Å². The molecule has 0 aliphatic carbocycles. The maximum absolute atomic E-state index is 12.2. The molecule has 5 nitrogen and oxygen atoms in total. The van der Waals surface area contributed by atoms with Crippen molar-refractivity contribution in [3.63, 3.8) is 0 Å². The van der Waals surface area contributed by atoms with Crippen molar-refractivity contribution in [2.24, 2.45) is 0 Å². The Morgan fingerprint density at radius 3 is 2.04 bits per heavy atom. The Morgan fingerprint density at radius 1 is 0.923 bits per heavy atom. The van der Waals surface area contributed by atoms with Crippen LogP contribution in [0.3, 0.4) is 0 Å². The molecule has 0 spiro atoms. The number of aryl methyl sites for hydroxylation is 2. The van der Waals surface area contributed by atoms with Crippen molar-refractivity contribution in [3.8, 4) is 0 Å². The number of nitrogens with one attached hydrogen (secondary N) is 2. The number of carbonyl (C=O) groups is 2. The molecule has 0 atom stereocenters. The monoisotopic (exact) mass is 417 g/mol. The number of anilines is 3. The van der Waals surface area contributed by atoms with Gasteiger partial charge >= 0.3 is 11.8 Å². The maximum atomic E-state index is 12.2. The fourth-order valence-electron chi connectivity index (χ4n) is 2.65. The highest BCUT2D eigenvalue weighted by Gasteiger charge is 2.16. The van der Waals surface area contributed by atoms with Crippen molar-refractivity contribution < 1.29 is 9.59 Å². The number of halogens is 1. The number of benzene rings is 2. The molecule has 0 radical (unpaired) electrons. The number of amides is 2. The summed E-state index contributed by atoms with van der Waals surface area (Å²) in [5, 5.41) is 5.30. The van der Waals surface area contributed by atoms with Crippen molar-refractivity contribution in [2.75, 3.05) is 28.6 Å². The van der Waals surface area contributed by atoms with Crippen LogP contribution in [0.5, 0.6) is 0 Å². The smallest absolute Gasteiger partial charge is 0.314 e. The molecule has 2 aromatic carbocycles. The van der Waals surface area contributed by atoms with E-state index in [1.807, 2.05) is 44.2 Å². The Kier molecular flexibility index (Phi) is 6.80. The number of carbonyl (C=O) groups excluding carboxylic acids is 2. The first kappa shape index (κ1) is 20.0. The number of hydrogen-bond donors (Lipinski definition) is 2. The van der Waals surface area contributed by atoms with Crippen LogP contribution in [0, 0.1) is 13.8 Å². The minimum Gasteiger partial charge on any atom is -0.372 e. The highest BCUT2D eigenvalue weighted by atomic mass is 79.9. The first-order valence-electron chi connectivity index (χ1n) is 8.59. The SMILES string of the molecule is CCN(CC)c1ccc(NC(=O)C(=O)Nc2ccc(C)cc2Br)c(C)c1. The molecule has 0 aliphatic heterocycles. The third-order valence-electron chi connectivity index (χ3n) is 4.17. The third kappa shape index (κ3) is 4.85. The van der Waals surface area contributed by atoms with Crippen molar-refractivity contribution in [1.82, 2.24) is 0 Å². The highest BCUT2D eigenvalue weighted by Crippen LogP contribution is 2.24. The second kappa shape index (κ2) is 8.85. The first-order chi connectivity index (χ1) is 12.3. The van der Waals surface area contributed by atoms with E-state index in [0.29, 0.717) is 11.4 Å². The van der Waals surface area contributed by atoms with Gasteiger partial charge in [0.1, 0.15) is 0 Å². The van der Waals surface area contributed by atoms with Crippen LogP contribution < -0.4 is 15.5 Å². The third-order valence-corrected chi connectivity index (χ3v) is 4.82. The van der Waals surface area contributed by atoms with Gasteiger partial charge in [-0.25, -0.2) is 0 Å². The zero-order valence-corrected chi connectivity index (χ0v) is 17.1. The van der Waals surface area contributed by atoms with Crippen molar-refractivity contribution >= 4 is 44.8 Å². The Bertz CT molecular complexity index is 817. The summed E-state index contributed by atoms with van der Waals surface area (Å²) < 4.78 is 0.735. The average Bonchev–Trinajstić information content (AvgIpc) is 2.60. The fourth-order valence-corrected chi connectivity index (χ4v) is 3.25. The lowest BCUT2D eigenvalue weighted by molar-refractivity contribution is -0.133. The van der Waals surface area contributed by atoms with E-state index in [1.54, 1.807) is 6.07 Å². The average molecular weight is 418 g/mol. The molecule has 0 bridgehead atoms. The summed E-state index contributed by atoms with van der Waals surface area (Å²) in [5.74, 6) is -1.40. The van der Waals surface area contributed by atoms with E-state index in [2.05, 4.69) is 45.3 Å². The van der Waals surface area contributed by atoms with Gasteiger partial charge in [0.15, 0.2) is 0 Å². The van der Waals surface area contributed by atoms with Gasteiger partial charge in [-0.15, -0.1) is 0 Å². The molecule has 6 heteroatoms. The second-order valence-corrected chi connectivity index (χ2v) is 6.92. The molecule has 2 amide bonds. The predicted molar refractivity (Wildman–Crippen MR) is 111 cm³/mol. The Balaban J connectivity index is 2.08. The molecular weight excluding hydrogens is 394 g/mol. The van der Waals surface area contributed by atoms with E-state index >= 15 is 0 Å². The number of rotatable bonds is 5. The molecular formula is C20H24BrN3O2. The van der Waals surface area contributed by atoms with Crippen LogP contribution >= 0.6 is 15.9 Å². The highest BCUT2D eigenvalue weighted by molar-refractivity contribution is 9.10. The van der Waals surface area contributed by atoms with Crippen LogP contribution in [0.4, 0.5) is 17.1 Å². The molecule has 0 heterocycles. The minimum atomic E-state index is -0.707. The van der Waals surface area contributed by atoms with Gasteiger partial charge in [-0.05, 0) is 85.1 Å². The fraction of sp³-hybridized carbons (Fsp3) is 0.300. The summed E-state index contributed by atoms with van der Waals surface area (Å²) in [4.78, 5) is 26.6. The van der Waals surface area contributed by atoms with E-state index in [4.69, 9.17) is 0 Å². The lowest BCUT2D eigenvalue weighted by atomic mass is 10.1. The van der Waals surface area contributed by atoms with Crippen molar-refractivity contribution in [1.29, 1.82) is 0 Å². The van der Waals surface area contributed by atoms with Gasteiger partial charge in [-0.2, -0.15) is 0 Å². The maximum Gasteiger partial charge on any atom is 0.314 e. The van der Waals surface area contributed by atoms with Crippen LogP contribution in [0.1, 0.15) is 25.0 Å². The molecule has 2 aromatic rings. The number of hydrogen-bond acceptors (Lipinski definition) is 3. The molecule has 26 heavy (non-hydrogen) atoms. The van der Waals surface area contributed by atoms with Crippen LogP contribution in [-0.2, 0) is 9.59 Å². The van der Waals surface area contributed by atoms with Gasteiger partial charge in [0.2, 0.25) is 0 Å². The van der Waals surface area contributed by atoms with E-state index < -0.39 is 11.8 Å². The Hall–Kier alpha value is -2.34. The van der Waals surface area contributed by atoms with E-state index in [1.165, 1.54) is 0 Å². The Morgan fingerprint density at radius 2 is 1.50 bits per heavy atom. The summed E-state index contributed by atoms with van der Waals surface area (Å²) in [6.45, 7) is 9.89. The molecule has 138 valence electrons. The molecule has 2 N–H and O–H groups in total. The van der Waals surface area contributed by atoms with Crippen LogP contribution in [0.2, 0.25) is 0 Å². The van der Waals surface area contributed by atoms with Gasteiger partial charge in [-0.1, -0.05) is 6.07 Å². The quantitative estimate of drug-likeness (QED) is 0.704. The standard InChI is InChI=1S/C20H24BrN3O2/c1-5-24(6-2)15-8-10-17(14(4)12-15)22-19(25)20(26)23-18-9-7-13(3)11-16(18)21/h7-12H,5-6H2,1-4H3,(H,22,25)(H,23,26). The van der Waals surface area contributed by atoms with Gasteiger partial charge in [-0.3, -0.25) is 9.59 Å². The summed E-state index contributed by atoms with van der Waals surface area (Å²) >= 11 is 3.39. The van der Waals surface area contributed by atoms with E-state index in [9.17, 15) is 9.59 Å². The minimum absolute atomic E-state index is 0.560. The lowest BCUT2D eigenvalue weighted by Gasteiger charge is -2.22. The largest absolute Gasteiger partial charge is 0.372 e. The van der Waals surface area contributed by atoms with Gasteiger partial charge in [0.05, 0.1) is 5.69 Å². The normalized spacial score (nSPS) is 10.3. The molecule has 0 aromatic heterocycles. The Labute approximate surface area is 162 Å². The molecule has 0 aliphatic rings. The molecule has 0 saturated carbocycles. The van der Waals surface area contributed by atoms with Crippen LogP contribution in [0.25, 0.3) is 0 Å². The van der Waals surface area contributed by atoms with E-state index in [-0.39, 0.29) is 0 Å². The van der Waals surface area contributed by atoms with E-state index in [0.717, 1.165) is 34.4 Å². The summed E-state index contributed by atoms with van der Waals surface area (Å²) in [6.07, 6.45) is 0. The summed E-state index contributed by atoms with van der Waals surface area (Å²) in [7, 11) is 0. The molecule has 0 fully saturated rings. The predicted octanol–water partition coefficient (Wildman–Crippen LogP) is 4.49. The summed E-state index contributed by atoms with van der Waals surface area (Å²) in [5.41, 5.74) is 4.25. The van der Waals surface area contributed by atoms with Crippen molar-refractivity contribution in [2.45, 2.75) is 27.7 Å². The zero-order valence-electron chi connectivity index (χ0n) is 15.5. The van der Waals surface area contributed by atoms with Crippen molar-refractivity contribution in [3.05, 3.63) is 52.0 Å². The van der Waals surface area contributed by atoms with Crippen LogP contribution in [0.15, 0.2) is 40.9 Å².